The van der Waals surface area contributed by atoms with Crippen molar-refractivity contribution in [2.75, 3.05) is 33.5 Å². The Balaban J connectivity index is -0.000000309. The molecule has 0 aromatic heterocycles. The lowest BCUT2D eigenvalue weighted by Crippen LogP contribution is -2.21. The summed E-state index contributed by atoms with van der Waals surface area (Å²) in [5, 5.41) is 33.9. The lowest BCUT2D eigenvalue weighted by atomic mass is 10.4. The van der Waals surface area contributed by atoms with Crippen LogP contribution in [0.25, 0.3) is 0 Å². The molecule has 24 heavy (non-hydrogen) atoms. The first kappa shape index (κ1) is 27.1. The first-order valence-corrected chi connectivity index (χ1v) is 7.08. The van der Waals surface area contributed by atoms with E-state index in [0.717, 1.165) is 0 Å². The van der Waals surface area contributed by atoms with E-state index in [2.05, 4.69) is 13.2 Å². The molecule has 0 aromatic rings. The molecule has 0 radical (unpaired) electrons. The van der Waals surface area contributed by atoms with Gasteiger partial charge in [0.05, 0.1) is 13.2 Å². The summed E-state index contributed by atoms with van der Waals surface area (Å²) in [6, 6.07) is 0. The van der Waals surface area contributed by atoms with Crippen molar-refractivity contribution in [1.82, 2.24) is 5.23 Å². The molecule has 0 aromatic carbocycles. The van der Waals surface area contributed by atoms with Gasteiger partial charge in [-0.25, -0.2) is 9.59 Å². The van der Waals surface area contributed by atoms with Crippen LogP contribution in [0.1, 0.15) is 26.7 Å². The van der Waals surface area contributed by atoms with Crippen molar-refractivity contribution >= 4 is 11.9 Å². The van der Waals surface area contributed by atoms with E-state index in [1.165, 1.54) is 19.1 Å². The van der Waals surface area contributed by atoms with Crippen LogP contribution in [0.2, 0.25) is 0 Å². The zero-order chi connectivity index (χ0) is 19.5. The van der Waals surface area contributed by atoms with E-state index in [1.807, 2.05) is 0 Å². The van der Waals surface area contributed by atoms with Crippen LogP contribution in [-0.4, -0.2) is 71.1 Å². The molecule has 0 rings (SSSR count). The summed E-state index contributed by atoms with van der Waals surface area (Å²) in [5.74, 6) is -1.87. The predicted molar refractivity (Wildman–Crippen MR) is 88.0 cm³/mol. The fourth-order valence-corrected chi connectivity index (χ4v) is 0.553. The van der Waals surface area contributed by atoms with Crippen molar-refractivity contribution in [3.8, 4) is 0 Å². The summed E-state index contributed by atoms with van der Waals surface area (Å²) in [6.45, 7) is 10.3. The van der Waals surface area contributed by atoms with Crippen LogP contribution in [0.3, 0.4) is 0 Å². The number of carboxylic acid groups (broad SMARTS) is 2. The van der Waals surface area contributed by atoms with Gasteiger partial charge in [0.25, 0.3) is 0 Å². The van der Waals surface area contributed by atoms with Crippen molar-refractivity contribution in [2.45, 2.75) is 26.7 Å². The van der Waals surface area contributed by atoms with Gasteiger partial charge < -0.3 is 20.4 Å². The summed E-state index contributed by atoms with van der Waals surface area (Å²) in [4.78, 5) is 29.2. The molecular formula is C15H29NO8. The van der Waals surface area contributed by atoms with Gasteiger partial charge in [0.2, 0.25) is 0 Å². The molecule has 0 spiro atoms. The molecule has 0 fully saturated rings. The average Bonchev–Trinajstić information content (AvgIpc) is 2.49. The van der Waals surface area contributed by atoms with Crippen LogP contribution in [0.15, 0.2) is 24.3 Å². The van der Waals surface area contributed by atoms with Crippen molar-refractivity contribution in [1.29, 1.82) is 0 Å². The number of aliphatic carboxylic acids is 2. The molecule has 0 amide bonds. The Hall–Kier alpha value is -1.78. The standard InChI is InChI=1S/C7H17NO4.2C4H6O2/c1-8(11-6-2-4-9)12-7-3-5-10;2*1-3(2)4(5)6/h9-10H,2-7H2,1H3;2*1H2,2H3,(H,5,6). The number of aliphatic hydroxyl groups is 2. The number of nitrogens with zero attached hydrogens (tertiary/aromatic N) is 1. The summed E-state index contributed by atoms with van der Waals surface area (Å²) in [6.07, 6.45) is 1.18. The van der Waals surface area contributed by atoms with Gasteiger partial charge in [-0.2, -0.15) is 0 Å². The van der Waals surface area contributed by atoms with E-state index in [1.54, 1.807) is 7.05 Å². The molecule has 0 heterocycles. The lowest BCUT2D eigenvalue weighted by Gasteiger charge is -2.15. The van der Waals surface area contributed by atoms with Crippen LogP contribution in [0.5, 0.6) is 0 Å². The quantitative estimate of drug-likeness (QED) is 0.256. The zero-order valence-electron chi connectivity index (χ0n) is 14.5. The van der Waals surface area contributed by atoms with Crippen molar-refractivity contribution in [2.24, 2.45) is 0 Å². The molecule has 0 bridgehead atoms. The normalized spacial score (nSPS) is 9.25. The highest BCUT2D eigenvalue weighted by Gasteiger charge is 1.97. The number of rotatable bonds is 10. The Morgan fingerprint density at radius 3 is 1.29 bits per heavy atom. The summed E-state index contributed by atoms with van der Waals surface area (Å²) in [5.41, 5.74) is 0.352. The Bertz CT molecular complexity index is 312. The van der Waals surface area contributed by atoms with Gasteiger partial charge in [-0.15, -0.1) is 0 Å². The molecule has 0 saturated heterocycles. The molecule has 9 nitrogen and oxygen atoms in total. The number of aliphatic hydroxyl groups excluding tert-OH is 2. The van der Waals surface area contributed by atoms with Crippen LogP contribution in [0.4, 0.5) is 0 Å². The third kappa shape index (κ3) is 28.4. The first-order valence-electron chi connectivity index (χ1n) is 7.08. The van der Waals surface area contributed by atoms with Gasteiger partial charge in [-0.1, -0.05) is 18.4 Å². The van der Waals surface area contributed by atoms with Crippen LogP contribution in [-0.2, 0) is 19.3 Å². The molecule has 142 valence electrons. The van der Waals surface area contributed by atoms with Gasteiger partial charge in [-0.05, 0) is 26.7 Å². The minimum absolute atomic E-state index is 0.116. The van der Waals surface area contributed by atoms with Crippen LogP contribution in [0, 0.1) is 0 Å². The summed E-state index contributed by atoms with van der Waals surface area (Å²) >= 11 is 0. The molecule has 4 N–H and O–H groups in total. The number of hydrogen-bond donors (Lipinski definition) is 4. The van der Waals surface area contributed by atoms with Crippen molar-refractivity contribution < 1.29 is 39.7 Å². The second-order valence-electron chi connectivity index (χ2n) is 4.43. The van der Waals surface area contributed by atoms with E-state index >= 15 is 0 Å². The van der Waals surface area contributed by atoms with E-state index in [0.29, 0.717) is 26.1 Å². The molecule has 0 aliphatic carbocycles. The van der Waals surface area contributed by atoms with E-state index < -0.39 is 11.9 Å². The topological polar surface area (TPSA) is 137 Å². The van der Waals surface area contributed by atoms with Gasteiger partial charge in [0.15, 0.2) is 0 Å². The molecule has 0 aliphatic rings. The van der Waals surface area contributed by atoms with Gasteiger partial charge >= 0.3 is 11.9 Å². The summed E-state index contributed by atoms with van der Waals surface area (Å²) in [7, 11) is 1.63. The third-order valence-electron chi connectivity index (χ3n) is 1.88. The fourth-order valence-electron chi connectivity index (χ4n) is 0.553. The highest BCUT2D eigenvalue weighted by molar-refractivity contribution is 5.85. The summed E-state index contributed by atoms with van der Waals surface area (Å²) < 4.78 is 0. The average molecular weight is 351 g/mol. The Morgan fingerprint density at radius 2 is 1.12 bits per heavy atom. The molecule has 0 saturated carbocycles. The number of hydrogen-bond acceptors (Lipinski definition) is 7. The monoisotopic (exact) mass is 351 g/mol. The van der Waals surface area contributed by atoms with E-state index in [4.69, 9.17) is 30.1 Å². The Labute approximate surface area is 142 Å². The van der Waals surface area contributed by atoms with E-state index in [9.17, 15) is 9.59 Å². The number of carbonyl (C=O) groups is 2. The molecule has 0 atom stereocenters. The van der Waals surface area contributed by atoms with Crippen LogP contribution < -0.4 is 0 Å². The lowest BCUT2D eigenvalue weighted by molar-refractivity contribution is -0.354. The zero-order valence-corrected chi connectivity index (χ0v) is 14.5. The maximum atomic E-state index is 9.60. The minimum Gasteiger partial charge on any atom is -0.478 e. The second-order valence-corrected chi connectivity index (χ2v) is 4.43. The first-order chi connectivity index (χ1) is 11.1. The molecule has 0 unspecified atom stereocenters. The van der Waals surface area contributed by atoms with Crippen molar-refractivity contribution in [3.63, 3.8) is 0 Å². The fraction of sp³-hybridized carbons (Fsp3) is 0.600. The van der Waals surface area contributed by atoms with E-state index in [-0.39, 0.29) is 24.4 Å². The maximum absolute atomic E-state index is 9.60. The van der Waals surface area contributed by atoms with Gasteiger partial charge in [-0.3, -0.25) is 9.68 Å². The number of hydroxylamine groups is 2. The van der Waals surface area contributed by atoms with Gasteiger partial charge in [0, 0.05) is 31.4 Å². The second kappa shape index (κ2) is 19.3. The highest BCUT2D eigenvalue weighted by Crippen LogP contribution is 1.90. The largest absolute Gasteiger partial charge is 0.478 e. The van der Waals surface area contributed by atoms with Crippen molar-refractivity contribution in [3.05, 3.63) is 24.3 Å². The molecule has 0 aliphatic heterocycles. The van der Waals surface area contributed by atoms with Crippen LogP contribution >= 0.6 is 0 Å². The minimum atomic E-state index is -0.935. The third-order valence-corrected chi connectivity index (χ3v) is 1.88. The number of carboxylic acids is 2. The maximum Gasteiger partial charge on any atom is 0.330 e. The molecular weight excluding hydrogens is 322 g/mol. The predicted octanol–water partition coefficient (Wildman–Crippen LogP) is 0.840. The SMILES string of the molecule is C=C(C)C(=O)O.C=C(C)C(=O)O.CN(OCCCO)OCCCO. The highest BCUT2D eigenvalue weighted by atomic mass is 16.9. The van der Waals surface area contributed by atoms with Gasteiger partial charge in [0.1, 0.15) is 0 Å². The Kier molecular flexibility index (Phi) is 21.7. The smallest absolute Gasteiger partial charge is 0.330 e. The Morgan fingerprint density at radius 1 is 0.875 bits per heavy atom. The molecule has 9 heteroatoms.